The molecule has 1 aromatic heterocycles. The molecule has 2 rings (SSSR count). The van der Waals surface area contributed by atoms with Crippen LogP contribution in [0.3, 0.4) is 0 Å². The maximum absolute atomic E-state index is 12.0. The van der Waals surface area contributed by atoms with Crippen molar-refractivity contribution in [2.45, 2.75) is 33.4 Å². The Morgan fingerprint density at radius 1 is 1.25 bits per heavy atom. The van der Waals surface area contributed by atoms with Crippen molar-refractivity contribution in [3.05, 3.63) is 46.2 Å². The minimum atomic E-state index is -0.750. The number of rotatable bonds is 5. The predicted molar refractivity (Wildman–Crippen MR) is 92.2 cm³/mol. The molecule has 0 bridgehead atoms. The molecule has 2 N–H and O–H groups in total. The average Bonchev–Trinajstić information content (AvgIpc) is 2.84. The van der Waals surface area contributed by atoms with Gasteiger partial charge in [0.15, 0.2) is 6.10 Å². The summed E-state index contributed by atoms with van der Waals surface area (Å²) in [5.41, 5.74) is 6.41. The van der Waals surface area contributed by atoms with E-state index in [9.17, 15) is 9.59 Å². The molecular formula is C16H19BrN4O3. The molecule has 0 saturated carbocycles. The number of halogens is 1. The summed E-state index contributed by atoms with van der Waals surface area (Å²) < 4.78 is 7.99. The lowest BCUT2D eigenvalue weighted by molar-refractivity contribution is -0.133. The number of amides is 2. The second kappa shape index (κ2) is 7.96. The molecule has 0 aliphatic heterocycles. The van der Waals surface area contributed by atoms with E-state index in [-0.39, 0.29) is 12.5 Å². The molecule has 0 aliphatic carbocycles. The second-order valence-corrected chi connectivity index (χ2v) is 6.25. The van der Waals surface area contributed by atoms with Crippen LogP contribution >= 0.6 is 15.9 Å². The van der Waals surface area contributed by atoms with Gasteiger partial charge in [0.1, 0.15) is 12.3 Å². The van der Waals surface area contributed by atoms with E-state index < -0.39 is 12.0 Å². The number of nitrogens with one attached hydrogen (secondary N) is 2. The summed E-state index contributed by atoms with van der Waals surface area (Å²) in [6.45, 7) is 5.34. The van der Waals surface area contributed by atoms with E-state index in [1.54, 1.807) is 23.7 Å². The topological polar surface area (TPSA) is 85.2 Å². The van der Waals surface area contributed by atoms with Crippen molar-refractivity contribution in [1.29, 1.82) is 0 Å². The molecule has 128 valence electrons. The quantitative estimate of drug-likeness (QED) is 0.758. The molecule has 0 radical (unpaired) electrons. The van der Waals surface area contributed by atoms with Crippen LogP contribution in [-0.4, -0.2) is 27.7 Å². The number of hydrogen-bond donors (Lipinski definition) is 2. The predicted octanol–water partition coefficient (Wildman–Crippen LogP) is 1.88. The van der Waals surface area contributed by atoms with Crippen LogP contribution in [0.15, 0.2) is 34.8 Å². The van der Waals surface area contributed by atoms with Crippen LogP contribution in [0.4, 0.5) is 0 Å². The standard InChI is InChI=1S/C16H19BrN4O3/c1-10-8-11(2)21(20-10)9-15(22)18-19-16(23)12(3)24-14-6-4-13(17)5-7-14/h4-8,12H,9H2,1-3H3,(H,18,22)(H,19,23). The van der Waals surface area contributed by atoms with E-state index in [1.165, 1.54) is 0 Å². The van der Waals surface area contributed by atoms with Crippen molar-refractivity contribution in [2.75, 3.05) is 0 Å². The normalized spacial score (nSPS) is 11.7. The van der Waals surface area contributed by atoms with Crippen LogP contribution in [0.1, 0.15) is 18.3 Å². The summed E-state index contributed by atoms with van der Waals surface area (Å²) in [5.74, 6) is -0.250. The number of aromatic nitrogens is 2. The monoisotopic (exact) mass is 394 g/mol. The first-order valence-corrected chi connectivity index (χ1v) is 8.16. The summed E-state index contributed by atoms with van der Waals surface area (Å²) >= 11 is 3.33. The van der Waals surface area contributed by atoms with Crippen LogP contribution in [0.5, 0.6) is 5.75 Å². The highest BCUT2D eigenvalue weighted by molar-refractivity contribution is 9.10. The molecule has 1 atom stereocenters. The lowest BCUT2D eigenvalue weighted by atomic mass is 10.3. The highest BCUT2D eigenvalue weighted by Gasteiger charge is 2.16. The van der Waals surface area contributed by atoms with Gasteiger partial charge < -0.3 is 4.74 Å². The maximum atomic E-state index is 12.0. The molecule has 0 saturated heterocycles. The Bertz CT molecular complexity index is 727. The van der Waals surface area contributed by atoms with Crippen molar-refractivity contribution >= 4 is 27.7 Å². The Kier molecular flexibility index (Phi) is 5.97. The lowest BCUT2D eigenvalue weighted by Gasteiger charge is -2.15. The minimum absolute atomic E-state index is 0.0297. The van der Waals surface area contributed by atoms with Gasteiger partial charge in [-0.15, -0.1) is 0 Å². The van der Waals surface area contributed by atoms with Crippen LogP contribution in [-0.2, 0) is 16.1 Å². The fourth-order valence-corrected chi connectivity index (χ4v) is 2.28. The first kappa shape index (κ1) is 18.0. The van der Waals surface area contributed by atoms with E-state index in [0.29, 0.717) is 5.75 Å². The smallest absolute Gasteiger partial charge is 0.279 e. The molecule has 7 nitrogen and oxygen atoms in total. The number of ether oxygens (including phenoxy) is 1. The van der Waals surface area contributed by atoms with E-state index in [2.05, 4.69) is 31.9 Å². The second-order valence-electron chi connectivity index (χ2n) is 5.34. The Morgan fingerprint density at radius 3 is 2.50 bits per heavy atom. The van der Waals surface area contributed by atoms with E-state index in [4.69, 9.17) is 4.74 Å². The number of benzene rings is 1. The van der Waals surface area contributed by atoms with Gasteiger partial charge in [-0.3, -0.25) is 25.1 Å². The van der Waals surface area contributed by atoms with Gasteiger partial charge in [-0.2, -0.15) is 5.10 Å². The van der Waals surface area contributed by atoms with Crippen LogP contribution in [0.25, 0.3) is 0 Å². The molecule has 0 spiro atoms. The molecule has 8 heteroatoms. The van der Waals surface area contributed by atoms with Crippen LogP contribution in [0, 0.1) is 13.8 Å². The van der Waals surface area contributed by atoms with Crippen molar-refractivity contribution in [1.82, 2.24) is 20.6 Å². The van der Waals surface area contributed by atoms with Gasteiger partial charge in [0.25, 0.3) is 11.8 Å². The molecule has 24 heavy (non-hydrogen) atoms. The van der Waals surface area contributed by atoms with Crippen molar-refractivity contribution in [3.63, 3.8) is 0 Å². The van der Waals surface area contributed by atoms with Gasteiger partial charge in [-0.1, -0.05) is 15.9 Å². The number of aryl methyl sites for hydroxylation is 2. The van der Waals surface area contributed by atoms with Crippen LogP contribution in [0.2, 0.25) is 0 Å². The van der Waals surface area contributed by atoms with Gasteiger partial charge in [-0.05, 0) is 51.1 Å². The van der Waals surface area contributed by atoms with Gasteiger partial charge in [-0.25, -0.2) is 0 Å². The molecule has 1 aromatic carbocycles. The third-order valence-corrected chi connectivity index (χ3v) is 3.75. The number of hydrazine groups is 1. The summed E-state index contributed by atoms with van der Waals surface area (Å²) in [5, 5.41) is 4.19. The fraction of sp³-hybridized carbons (Fsp3) is 0.312. The molecule has 1 unspecified atom stereocenters. The first-order valence-electron chi connectivity index (χ1n) is 7.37. The zero-order valence-electron chi connectivity index (χ0n) is 13.7. The van der Waals surface area contributed by atoms with E-state index >= 15 is 0 Å². The largest absolute Gasteiger partial charge is 0.481 e. The molecular weight excluding hydrogens is 376 g/mol. The summed E-state index contributed by atoms with van der Waals surface area (Å²) in [6.07, 6.45) is -0.750. The minimum Gasteiger partial charge on any atom is -0.481 e. The van der Waals surface area contributed by atoms with E-state index in [1.807, 2.05) is 32.0 Å². The Labute approximate surface area is 148 Å². The average molecular weight is 395 g/mol. The van der Waals surface area contributed by atoms with Gasteiger partial charge >= 0.3 is 0 Å². The first-order chi connectivity index (χ1) is 11.3. The Balaban J connectivity index is 1.80. The van der Waals surface area contributed by atoms with E-state index in [0.717, 1.165) is 15.9 Å². The summed E-state index contributed by atoms with van der Waals surface area (Å²) in [7, 11) is 0. The van der Waals surface area contributed by atoms with Gasteiger partial charge in [0.05, 0.1) is 5.69 Å². The van der Waals surface area contributed by atoms with Gasteiger partial charge in [0.2, 0.25) is 0 Å². The SMILES string of the molecule is Cc1cc(C)n(CC(=O)NNC(=O)C(C)Oc2ccc(Br)cc2)n1. The highest BCUT2D eigenvalue weighted by Crippen LogP contribution is 2.17. The fourth-order valence-electron chi connectivity index (χ4n) is 2.01. The van der Waals surface area contributed by atoms with Crippen LogP contribution < -0.4 is 15.6 Å². The highest BCUT2D eigenvalue weighted by atomic mass is 79.9. The number of hydrogen-bond acceptors (Lipinski definition) is 4. The zero-order chi connectivity index (χ0) is 17.7. The molecule has 0 fully saturated rings. The lowest BCUT2D eigenvalue weighted by Crippen LogP contribution is -2.48. The Morgan fingerprint density at radius 2 is 1.92 bits per heavy atom. The maximum Gasteiger partial charge on any atom is 0.279 e. The third-order valence-electron chi connectivity index (χ3n) is 3.22. The number of carbonyl (C=O) groups excluding carboxylic acids is 2. The number of nitrogens with zero attached hydrogens (tertiary/aromatic N) is 2. The molecule has 1 heterocycles. The number of carbonyl (C=O) groups is 2. The molecule has 0 aliphatic rings. The summed E-state index contributed by atoms with van der Waals surface area (Å²) in [4.78, 5) is 23.8. The van der Waals surface area contributed by atoms with Crippen molar-refractivity contribution in [2.24, 2.45) is 0 Å². The molecule has 2 aromatic rings. The summed E-state index contributed by atoms with van der Waals surface area (Å²) in [6, 6.07) is 9.00. The van der Waals surface area contributed by atoms with Gasteiger partial charge in [0, 0.05) is 10.2 Å². The molecule has 2 amide bonds. The zero-order valence-corrected chi connectivity index (χ0v) is 15.3. The Hall–Kier alpha value is -2.35. The van der Waals surface area contributed by atoms with Crippen molar-refractivity contribution in [3.8, 4) is 5.75 Å². The third kappa shape index (κ3) is 5.09. The van der Waals surface area contributed by atoms with Crippen molar-refractivity contribution < 1.29 is 14.3 Å².